The summed E-state index contributed by atoms with van der Waals surface area (Å²) < 4.78 is 0. The van der Waals surface area contributed by atoms with Crippen LogP contribution in [-0.2, 0) is 16.0 Å². The highest BCUT2D eigenvalue weighted by Crippen LogP contribution is 2.28. The molecule has 0 spiro atoms. The van der Waals surface area contributed by atoms with Crippen molar-refractivity contribution in [2.75, 3.05) is 32.7 Å². The fraction of sp³-hybridized carbons (Fsp3) is 0.522. The highest BCUT2D eigenvalue weighted by atomic mass is 16.2. The first-order chi connectivity index (χ1) is 15.8. The fourth-order valence-electron chi connectivity index (χ4n) is 4.71. The van der Waals surface area contributed by atoms with Crippen molar-refractivity contribution in [1.29, 1.82) is 0 Å². The number of fused-ring (bicyclic) bond motifs is 1. The monoisotopic (exact) mass is 455 g/mol. The number of nitrogens with zero attached hydrogens (tertiary/aromatic N) is 3. The van der Waals surface area contributed by atoms with Gasteiger partial charge in [-0.3, -0.25) is 34.3 Å². The van der Waals surface area contributed by atoms with Crippen molar-refractivity contribution in [2.24, 2.45) is 5.73 Å². The summed E-state index contributed by atoms with van der Waals surface area (Å²) in [4.78, 5) is 65.4. The molecule has 1 aromatic carbocycles. The van der Waals surface area contributed by atoms with Crippen LogP contribution >= 0.6 is 0 Å². The maximum absolute atomic E-state index is 12.9. The number of imide groups is 2. The average Bonchev–Trinajstić information content (AvgIpc) is 3.04. The van der Waals surface area contributed by atoms with Gasteiger partial charge in [-0.05, 0) is 49.9 Å². The molecule has 10 nitrogen and oxygen atoms in total. The van der Waals surface area contributed by atoms with Crippen molar-refractivity contribution in [1.82, 2.24) is 20.0 Å². The third kappa shape index (κ3) is 4.90. The predicted octanol–water partition coefficient (Wildman–Crippen LogP) is 0.497. The first-order valence-electron chi connectivity index (χ1n) is 11.5. The van der Waals surface area contributed by atoms with Gasteiger partial charge in [0.05, 0.1) is 11.1 Å². The van der Waals surface area contributed by atoms with Crippen molar-refractivity contribution in [3.05, 3.63) is 34.9 Å². The Balaban J connectivity index is 1.26. The van der Waals surface area contributed by atoms with Crippen molar-refractivity contribution in [3.8, 4) is 0 Å². The molecule has 10 heteroatoms. The summed E-state index contributed by atoms with van der Waals surface area (Å²) in [5.74, 6) is -1.94. The molecule has 3 heterocycles. The van der Waals surface area contributed by atoms with Crippen LogP contribution in [0.3, 0.4) is 0 Å². The number of amides is 6. The minimum Gasteiger partial charge on any atom is -0.351 e. The highest BCUT2D eigenvalue weighted by molar-refractivity contribution is 6.23. The minimum absolute atomic E-state index is 0.107. The van der Waals surface area contributed by atoms with Crippen LogP contribution in [0.2, 0.25) is 0 Å². The number of carbonyl (C=O) groups is 5. The largest absolute Gasteiger partial charge is 0.351 e. The number of aryl methyl sites for hydroxylation is 1. The third-order valence-electron chi connectivity index (χ3n) is 6.63. The van der Waals surface area contributed by atoms with Crippen LogP contribution in [0.4, 0.5) is 4.79 Å². The van der Waals surface area contributed by atoms with Gasteiger partial charge in [-0.1, -0.05) is 12.5 Å². The second kappa shape index (κ2) is 9.70. The molecule has 3 aliphatic rings. The molecule has 4 rings (SSSR count). The summed E-state index contributed by atoms with van der Waals surface area (Å²) in [7, 11) is 0. The number of urea groups is 1. The third-order valence-corrected chi connectivity index (χ3v) is 6.63. The predicted molar refractivity (Wildman–Crippen MR) is 118 cm³/mol. The summed E-state index contributed by atoms with van der Waals surface area (Å²) in [6.45, 7) is 4.01. The van der Waals surface area contributed by atoms with E-state index < -0.39 is 23.8 Å². The number of carbonyl (C=O) groups excluding carboxylic acids is 5. The van der Waals surface area contributed by atoms with E-state index in [1.165, 1.54) is 0 Å². The summed E-state index contributed by atoms with van der Waals surface area (Å²) in [5.41, 5.74) is 6.93. The Labute approximate surface area is 192 Å². The van der Waals surface area contributed by atoms with E-state index in [-0.39, 0.29) is 24.8 Å². The Bertz CT molecular complexity index is 985. The Morgan fingerprint density at radius 3 is 2.39 bits per heavy atom. The van der Waals surface area contributed by atoms with Gasteiger partial charge >= 0.3 is 6.03 Å². The molecular weight excluding hydrogens is 426 g/mol. The topological polar surface area (TPSA) is 133 Å². The standard InChI is InChI=1S/C23H29N5O5/c24-23(33)27-12-10-26(11-13-27)9-3-1-2-4-15-5-6-16-17(14-15)22(32)28(21(16)31)18-7-8-19(29)25-20(18)30/h5-6,14,18H,1-4,7-13H2,(H2,24,33)(H,25,29,30). The van der Waals surface area contributed by atoms with Crippen molar-refractivity contribution >= 4 is 29.7 Å². The van der Waals surface area contributed by atoms with E-state index in [2.05, 4.69) is 10.2 Å². The number of primary amides is 1. The molecule has 0 aromatic heterocycles. The van der Waals surface area contributed by atoms with E-state index in [9.17, 15) is 24.0 Å². The van der Waals surface area contributed by atoms with Gasteiger partial charge in [0.1, 0.15) is 6.04 Å². The lowest BCUT2D eigenvalue weighted by molar-refractivity contribution is -0.136. The molecule has 1 unspecified atom stereocenters. The molecule has 1 aromatic rings. The van der Waals surface area contributed by atoms with E-state index in [4.69, 9.17) is 5.73 Å². The molecule has 0 bridgehead atoms. The van der Waals surface area contributed by atoms with Gasteiger partial charge in [-0.15, -0.1) is 0 Å². The summed E-state index contributed by atoms with van der Waals surface area (Å²) in [6, 6.07) is 3.98. The molecule has 3 N–H and O–H groups in total. The van der Waals surface area contributed by atoms with Gasteiger partial charge < -0.3 is 10.6 Å². The molecule has 2 fully saturated rings. The van der Waals surface area contributed by atoms with Crippen molar-refractivity contribution in [2.45, 2.75) is 44.6 Å². The van der Waals surface area contributed by atoms with Crippen LogP contribution in [0.15, 0.2) is 18.2 Å². The summed E-state index contributed by atoms with van der Waals surface area (Å²) in [5, 5.41) is 2.21. The smallest absolute Gasteiger partial charge is 0.314 e. The van der Waals surface area contributed by atoms with Crippen molar-refractivity contribution < 1.29 is 24.0 Å². The number of benzene rings is 1. The van der Waals surface area contributed by atoms with Crippen LogP contribution in [-0.4, -0.2) is 83.1 Å². The number of nitrogens with one attached hydrogen (secondary N) is 1. The molecule has 0 aliphatic carbocycles. The molecule has 1 atom stereocenters. The number of piperidine rings is 1. The molecular formula is C23H29N5O5. The molecule has 6 amide bonds. The summed E-state index contributed by atoms with van der Waals surface area (Å²) in [6.07, 6.45) is 4.09. The van der Waals surface area contributed by atoms with E-state index in [0.717, 1.165) is 55.8 Å². The molecule has 176 valence electrons. The van der Waals surface area contributed by atoms with Gasteiger partial charge in [0.15, 0.2) is 0 Å². The number of unbranched alkanes of at least 4 members (excludes halogenated alkanes) is 2. The van der Waals surface area contributed by atoms with E-state index in [1.807, 2.05) is 6.07 Å². The van der Waals surface area contributed by atoms with Gasteiger partial charge in [-0.2, -0.15) is 0 Å². The van der Waals surface area contributed by atoms with Crippen LogP contribution in [0.1, 0.15) is 58.4 Å². The summed E-state index contributed by atoms with van der Waals surface area (Å²) >= 11 is 0. The first kappa shape index (κ1) is 22.9. The number of rotatable bonds is 7. The highest BCUT2D eigenvalue weighted by Gasteiger charge is 2.44. The van der Waals surface area contributed by atoms with Crippen LogP contribution in [0, 0.1) is 0 Å². The molecule has 0 radical (unpaired) electrons. The molecule has 0 saturated carbocycles. The molecule has 3 aliphatic heterocycles. The Morgan fingerprint density at radius 2 is 1.70 bits per heavy atom. The fourth-order valence-corrected chi connectivity index (χ4v) is 4.71. The number of hydrogen-bond donors (Lipinski definition) is 2. The zero-order chi connectivity index (χ0) is 23.5. The zero-order valence-corrected chi connectivity index (χ0v) is 18.5. The minimum atomic E-state index is -0.941. The second-order valence-corrected chi connectivity index (χ2v) is 8.80. The lowest BCUT2D eigenvalue weighted by Gasteiger charge is -2.33. The van der Waals surface area contributed by atoms with Crippen LogP contribution in [0.25, 0.3) is 0 Å². The second-order valence-electron chi connectivity index (χ2n) is 8.80. The lowest BCUT2D eigenvalue weighted by Crippen LogP contribution is -2.54. The number of nitrogens with two attached hydrogens (primary N) is 1. The van der Waals surface area contributed by atoms with E-state index in [0.29, 0.717) is 24.2 Å². The van der Waals surface area contributed by atoms with E-state index >= 15 is 0 Å². The number of piperazine rings is 1. The maximum atomic E-state index is 12.9. The normalized spacial score (nSPS) is 21.4. The number of hydrogen-bond acceptors (Lipinski definition) is 6. The zero-order valence-electron chi connectivity index (χ0n) is 18.5. The van der Waals surface area contributed by atoms with Gasteiger partial charge in [0, 0.05) is 32.6 Å². The molecule has 33 heavy (non-hydrogen) atoms. The van der Waals surface area contributed by atoms with Crippen LogP contribution < -0.4 is 11.1 Å². The van der Waals surface area contributed by atoms with Crippen molar-refractivity contribution in [3.63, 3.8) is 0 Å². The van der Waals surface area contributed by atoms with Crippen LogP contribution in [0.5, 0.6) is 0 Å². The van der Waals surface area contributed by atoms with Gasteiger partial charge in [0.2, 0.25) is 11.8 Å². The lowest BCUT2D eigenvalue weighted by atomic mass is 10.0. The Morgan fingerprint density at radius 1 is 0.970 bits per heavy atom. The Kier molecular flexibility index (Phi) is 6.73. The SMILES string of the molecule is NC(=O)N1CCN(CCCCCc2ccc3c(c2)C(=O)N(C2CCC(=O)NC2=O)C3=O)CC1. The quantitative estimate of drug-likeness (QED) is 0.454. The van der Waals surface area contributed by atoms with E-state index in [1.54, 1.807) is 17.0 Å². The van der Waals surface area contributed by atoms with Gasteiger partial charge in [0.25, 0.3) is 11.8 Å². The first-order valence-corrected chi connectivity index (χ1v) is 11.5. The molecule has 2 saturated heterocycles. The average molecular weight is 456 g/mol. The maximum Gasteiger partial charge on any atom is 0.314 e. The Hall–Kier alpha value is -3.27. The van der Waals surface area contributed by atoms with Gasteiger partial charge in [-0.25, -0.2) is 4.79 Å².